The van der Waals surface area contributed by atoms with E-state index in [9.17, 15) is 0 Å². The zero-order valence-corrected chi connectivity index (χ0v) is 19.4. The van der Waals surface area contributed by atoms with E-state index in [2.05, 4.69) is 48.1 Å². The minimum Gasteiger partial charge on any atom is -0.378 e. The summed E-state index contributed by atoms with van der Waals surface area (Å²) in [4.78, 5) is 9.49. The lowest BCUT2D eigenvalue weighted by Gasteiger charge is -2.61. The molecule has 4 rings (SSSR count). The SMILES string of the molecule is CCNC(=NCc1cn2c(C)cccc2n1)NC1CC(OCC)C12CCC2.I. The van der Waals surface area contributed by atoms with Gasteiger partial charge in [-0.25, -0.2) is 9.98 Å². The van der Waals surface area contributed by atoms with Crippen molar-refractivity contribution in [3.05, 3.63) is 35.8 Å². The van der Waals surface area contributed by atoms with Gasteiger partial charge in [-0.1, -0.05) is 12.5 Å². The predicted molar refractivity (Wildman–Crippen MR) is 123 cm³/mol. The maximum absolute atomic E-state index is 5.97. The molecule has 2 saturated carbocycles. The smallest absolute Gasteiger partial charge is 0.191 e. The highest BCUT2D eigenvalue weighted by Crippen LogP contribution is 2.57. The fraction of sp³-hybridized carbons (Fsp3) is 0.619. The van der Waals surface area contributed by atoms with Gasteiger partial charge in [0.05, 0.1) is 18.3 Å². The molecule has 2 fully saturated rings. The van der Waals surface area contributed by atoms with Crippen LogP contribution in [-0.4, -0.2) is 40.6 Å². The Kier molecular flexibility index (Phi) is 6.85. The number of rotatable bonds is 6. The summed E-state index contributed by atoms with van der Waals surface area (Å²) >= 11 is 0. The van der Waals surface area contributed by atoms with Crippen LogP contribution in [0.5, 0.6) is 0 Å². The second-order valence-corrected chi connectivity index (χ2v) is 7.79. The summed E-state index contributed by atoms with van der Waals surface area (Å²) in [5.41, 5.74) is 3.47. The van der Waals surface area contributed by atoms with Crippen molar-refractivity contribution in [3.8, 4) is 0 Å². The minimum absolute atomic E-state index is 0. The van der Waals surface area contributed by atoms with Crippen molar-refractivity contribution in [2.24, 2.45) is 10.4 Å². The monoisotopic (exact) mass is 497 g/mol. The minimum atomic E-state index is 0. The molecule has 7 heteroatoms. The summed E-state index contributed by atoms with van der Waals surface area (Å²) in [6.45, 7) is 8.52. The number of nitrogens with one attached hydrogen (secondary N) is 2. The topological polar surface area (TPSA) is 63.0 Å². The van der Waals surface area contributed by atoms with Crippen LogP contribution in [0.2, 0.25) is 0 Å². The van der Waals surface area contributed by atoms with Crippen molar-refractivity contribution in [2.75, 3.05) is 13.2 Å². The fourth-order valence-electron chi connectivity index (χ4n) is 4.56. The first-order chi connectivity index (χ1) is 13.2. The van der Waals surface area contributed by atoms with E-state index < -0.39 is 0 Å². The molecular weight excluding hydrogens is 465 g/mol. The van der Waals surface area contributed by atoms with Crippen molar-refractivity contribution in [3.63, 3.8) is 0 Å². The summed E-state index contributed by atoms with van der Waals surface area (Å²) in [5.74, 6) is 0.887. The molecule has 2 aromatic rings. The van der Waals surface area contributed by atoms with Crippen LogP contribution >= 0.6 is 24.0 Å². The van der Waals surface area contributed by atoms with E-state index in [0.29, 0.717) is 24.1 Å². The molecule has 0 saturated heterocycles. The van der Waals surface area contributed by atoms with Crippen LogP contribution in [0.1, 0.15) is 50.9 Å². The highest BCUT2D eigenvalue weighted by Gasteiger charge is 2.59. The number of halogens is 1. The van der Waals surface area contributed by atoms with E-state index in [-0.39, 0.29) is 24.0 Å². The molecular formula is C21H32IN5O. The van der Waals surface area contributed by atoms with Gasteiger partial charge in [0.1, 0.15) is 5.65 Å². The number of fused-ring (bicyclic) bond motifs is 1. The molecule has 0 aliphatic heterocycles. The second kappa shape index (κ2) is 8.98. The van der Waals surface area contributed by atoms with Crippen LogP contribution in [0.3, 0.4) is 0 Å². The van der Waals surface area contributed by atoms with Gasteiger partial charge in [0.25, 0.3) is 0 Å². The van der Waals surface area contributed by atoms with Crippen LogP contribution < -0.4 is 10.6 Å². The van der Waals surface area contributed by atoms with Gasteiger partial charge < -0.3 is 19.8 Å². The zero-order valence-electron chi connectivity index (χ0n) is 17.1. The van der Waals surface area contributed by atoms with E-state index in [4.69, 9.17) is 14.7 Å². The zero-order chi connectivity index (χ0) is 18.9. The summed E-state index contributed by atoms with van der Waals surface area (Å²) in [7, 11) is 0. The highest BCUT2D eigenvalue weighted by atomic mass is 127. The maximum atomic E-state index is 5.97. The molecule has 0 bridgehead atoms. The summed E-state index contributed by atoms with van der Waals surface area (Å²) in [6, 6.07) is 6.63. The Morgan fingerprint density at radius 1 is 1.36 bits per heavy atom. The number of guanidine groups is 1. The molecule has 28 heavy (non-hydrogen) atoms. The van der Waals surface area contributed by atoms with Crippen molar-refractivity contribution in [2.45, 2.75) is 65.1 Å². The van der Waals surface area contributed by atoms with E-state index in [0.717, 1.165) is 36.9 Å². The molecule has 2 atom stereocenters. The molecule has 2 heterocycles. The normalized spacial score (nSPS) is 23.0. The number of hydrogen-bond acceptors (Lipinski definition) is 3. The Balaban J connectivity index is 0.00000225. The highest BCUT2D eigenvalue weighted by molar-refractivity contribution is 14.0. The molecule has 2 unspecified atom stereocenters. The molecule has 6 nitrogen and oxygen atoms in total. The van der Waals surface area contributed by atoms with E-state index in [1.54, 1.807) is 0 Å². The molecule has 2 aliphatic carbocycles. The van der Waals surface area contributed by atoms with Crippen molar-refractivity contribution >= 4 is 35.6 Å². The number of imidazole rings is 1. The van der Waals surface area contributed by atoms with Crippen LogP contribution in [0.25, 0.3) is 5.65 Å². The summed E-state index contributed by atoms with van der Waals surface area (Å²) in [6.07, 6.45) is 7.42. The summed E-state index contributed by atoms with van der Waals surface area (Å²) < 4.78 is 8.09. The van der Waals surface area contributed by atoms with E-state index in [1.165, 1.54) is 25.0 Å². The van der Waals surface area contributed by atoms with Crippen LogP contribution in [-0.2, 0) is 11.3 Å². The Hall–Kier alpha value is -1.35. The number of aromatic nitrogens is 2. The van der Waals surface area contributed by atoms with Gasteiger partial charge in [0.15, 0.2) is 5.96 Å². The van der Waals surface area contributed by atoms with Gasteiger partial charge in [-0.2, -0.15) is 0 Å². The Labute approximate surface area is 184 Å². The molecule has 2 N–H and O–H groups in total. The van der Waals surface area contributed by atoms with E-state index >= 15 is 0 Å². The number of aryl methyl sites for hydroxylation is 1. The Morgan fingerprint density at radius 3 is 2.82 bits per heavy atom. The van der Waals surface area contributed by atoms with Gasteiger partial charge in [0.2, 0.25) is 0 Å². The lowest BCUT2D eigenvalue weighted by molar-refractivity contribution is -0.168. The maximum Gasteiger partial charge on any atom is 0.191 e. The van der Waals surface area contributed by atoms with Crippen molar-refractivity contribution in [1.29, 1.82) is 0 Å². The Bertz CT molecular complexity index is 829. The summed E-state index contributed by atoms with van der Waals surface area (Å²) in [5, 5.41) is 7.07. The molecule has 0 radical (unpaired) electrons. The number of hydrogen-bond donors (Lipinski definition) is 2. The third-order valence-corrected chi connectivity index (χ3v) is 6.24. The second-order valence-electron chi connectivity index (χ2n) is 7.79. The first kappa shape index (κ1) is 21.4. The first-order valence-corrected chi connectivity index (χ1v) is 10.3. The standard InChI is InChI=1S/C21H31N5O.HI/c1-4-22-20(25-17-12-18(27-5-2)21(17)10-7-11-21)23-13-16-14-26-15(3)8-6-9-19(26)24-16;/h6,8-9,14,17-18H,4-5,7,10-13H2,1-3H3,(H2,22,23,25);1H. The van der Waals surface area contributed by atoms with Gasteiger partial charge in [-0.3, -0.25) is 0 Å². The molecule has 2 aromatic heterocycles. The van der Waals surface area contributed by atoms with Gasteiger partial charge in [0, 0.05) is 36.5 Å². The van der Waals surface area contributed by atoms with Gasteiger partial charge in [-0.05, 0) is 52.2 Å². The van der Waals surface area contributed by atoms with Gasteiger partial charge in [-0.15, -0.1) is 24.0 Å². The lowest BCUT2D eigenvalue weighted by atomic mass is 9.51. The van der Waals surface area contributed by atoms with Crippen molar-refractivity contribution in [1.82, 2.24) is 20.0 Å². The Morgan fingerprint density at radius 2 is 2.18 bits per heavy atom. The third kappa shape index (κ3) is 3.87. The molecule has 1 spiro atoms. The fourth-order valence-corrected chi connectivity index (χ4v) is 4.56. The molecule has 154 valence electrons. The van der Waals surface area contributed by atoms with Crippen LogP contribution in [0, 0.1) is 12.3 Å². The van der Waals surface area contributed by atoms with Crippen LogP contribution in [0.4, 0.5) is 0 Å². The quantitative estimate of drug-likeness (QED) is 0.363. The number of aliphatic imine (C=N–C) groups is 1. The largest absolute Gasteiger partial charge is 0.378 e. The first-order valence-electron chi connectivity index (χ1n) is 10.3. The lowest BCUT2D eigenvalue weighted by Crippen LogP contribution is -2.68. The third-order valence-electron chi connectivity index (χ3n) is 6.24. The molecule has 2 aliphatic rings. The predicted octanol–water partition coefficient (Wildman–Crippen LogP) is 3.66. The van der Waals surface area contributed by atoms with Crippen molar-refractivity contribution < 1.29 is 4.74 Å². The average Bonchev–Trinajstić information content (AvgIpc) is 3.02. The molecule has 0 amide bonds. The molecule has 0 aromatic carbocycles. The number of pyridine rings is 1. The van der Waals surface area contributed by atoms with E-state index in [1.807, 2.05) is 12.1 Å². The number of ether oxygens (including phenoxy) is 1. The number of nitrogens with zero attached hydrogens (tertiary/aromatic N) is 3. The van der Waals surface area contributed by atoms with Crippen LogP contribution in [0.15, 0.2) is 29.4 Å². The van der Waals surface area contributed by atoms with Gasteiger partial charge >= 0.3 is 0 Å². The average molecular weight is 497 g/mol.